The van der Waals surface area contributed by atoms with Crippen molar-refractivity contribution in [1.82, 2.24) is 15.1 Å². The predicted molar refractivity (Wildman–Crippen MR) is 89.6 cm³/mol. The number of cyclic esters (lactones) is 1. The highest BCUT2D eigenvalue weighted by atomic mass is 16.6. The second-order valence-corrected chi connectivity index (χ2v) is 6.34. The van der Waals surface area contributed by atoms with Gasteiger partial charge in [0.2, 0.25) is 0 Å². The Bertz CT molecular complexity index is 725. The number of methoxy groups -OCH3 is 1. The molecule has 0 unspecified atom stereocenters. The fraction of sp³-hybridized carbons (Fsp3) is 0.529. The van der Waals surface area contributed by atoms with E-state index in [1.165, 1.54) is 0 Å². The fourth-order valence-electron chi connectivity index (χ4n) is 3.40. The van der Waals surface area contributed by atoms with Crippen LogP contribution in [0.4, 0.5) is 9.59 Å². The number of carbonyl (C=O) groups is 2. The summed E-state index contributed by atoms with van der Waals surface area (Å²) in [5, 5.41) is 2.91. The Morgan fingerprint density at radius 3 is 2.77 bits per heavy atom. The number of hydrogen-bond donors (Lipinski definition) is 1. The summed E-state index contributed by atoms with van der Waals surface area (Å²) in [5.41, 5.74) is 0.808. The summed E-state index contributed by atoms with van der Waals surface area (Å²) in [6.45, 7) is 3.08. The Kier molecular flexibility index (Phi) is 4.36. The number of nitrogens with zero attached hydrogens (tertiary/aromatic N) is 2. The summed E-state index contributed by atoms with van der Waals surface area (Å²) in [7, 11) is 1.58. The largest absolute Gasteiger partial charge is 0.496 e. The van der Waals surface area contributed by atoms with Crippen LogP contribution in [0.25, 0.3) is 0 Å². The normalized spacial score (nSPS) is 21.1. The molecule has 0 spiro atoms. The quantitative estimate of drug-likeness (QED) is 0.855. The Labute approximate surface area is 150 Å². The van der Waals surface area contributed by atoms with Crippen LogP contribution in [0, 0.1) is 0 Å². The number of benzene rings is 1. The number of ether oxygens (including phenoxy) is 4. The molecular weight excluding hydrogens is 342 g/mol. The topological polar surface area (TPSA) is 89.6 Å². The third-order valence-electron chi connectivity index (χ3n) is 4.78. The van der Waals surface area contributed by atoms with E-state index in [1.807, 2.05) is 6.07 Å². The van der Waals surface area contributed by atoms with Crippen molar-refractivity contribution in [3.8, 4) is 17.2 Å². The van der Waals surface area contributed by atoms with Crippen molar-refractivity contribution in [2.45, 2.75) is 12.6 Å². The molecule has 26 heavy (non-hydrogen) atoms. The molecule has 2 saturated heterocycles. The third-order valence-corrected chi connectivity index (χ3v) is 4.78. The van der Waals surface area contributed by atoms with E-state index in [0.717, 1.165) is 5.56 Å². The van der Waals surface area contributed by atoms with E-state index in [2.05, 4.69) is 5.32 Å². The van der Waals surface area contributed by atoms with Gasteiger partial charge in [0.15, 0.2) is 11.5 Å². The van der Waals surface area contributed by atoms with E-state index in [1.54, 1.807) is 23.0 Å². The van der Waals surface area contributed by atoms with E-state index >= 15 is 0 Å². The van der Waals surface area contributed by atoms with E-state index < -0.39 is 0 Å². The third kappa shape index (κ3) is 3.04. The molecule has 0 aromatic heterocycles. The van der Waals surface area contributed by atoms with Crippen molar-refractivity contribution in [3.05, 3.63) is 17.7 Å². The molecule has 0 saturated carbocycles. The van der Waals surface area contributed by atoms with Crippen LogP contribution >= 0.6 is 0 Å². The summed E-state index contributed by atoms with van der Waals surface area (Å²) < 4.78 is 21.6. The first-order valence-corrected chi connectivity index (χ1v) is 8.58. The number of urea groups is 1. The van der Waals surface area contributed by atoms with Gasteiger partial charge in [0.25, 0.3) is 0 Å². The summed E-state index contributed by atoms with van der Waals surface area (Å²) in [4.78, 5) is 27.4. The van der Waals surface area contributed by atoms with Crippen molar-refractivity contribution in [1.29, 1.82) is 0 Å². The zero-order valence-electron chi connectivity index (χ0n) is 14.5. The first kappa shape index (κ1) is 16.6. The molecule has 0 bridgehead atoms. The number of carbonyl (C=O) groups excluding carboxylic acids is 2. The van der Waals surface area contributed by atoms with Crippen LogP contribution in [-0.4, -0.2) is 74.5 Å². The van der Waals surface area contributed by atoms with Crippen LogP contribution in [0.1, 0.15) is 5.56 Å². The molecule has 1 N–H and O–H groups in total. The average molecular weight is 363 g/mol. The molecule has 3 amide bonds. The van der Waals surface area contributed by atoms with Crippen LogP contribution in [0.3, 0.4) is 0 Å². The molecule has 0 radical (unpaired) electrons. The van der Waals surface area contributed by atoms with Crippen molar-refractivity contribution in [2.24, 2.45) is 0 Å². The lowest BCUT2D eigenvalue weighted by Crippen LogP contribution is -2.55. The second-order valence-electron chi connectivity index (χ2n) is 6.34. The van der Waals surface area contributed by atoms with Crippen molar-refractivity contribution >= 4 is 12.1 Å². The van der Waals surface area contributed by atoms with Crippen LogP contribution in [0.15, 0.2) is 12.1 Å². The molecule has 1 aromatic carbocycles. The van der Waals surface area contributed by atoms with Crippen molar-refractivity contribution in [3.63, 3.8) is 0 Å². The molecule has 3 heterocycles. The molecule has 1 atom stereocenters. The molecule has 3 aliphatic rings. The zero-order chi connectivity index (χ0) is 18.1. The Morgan fingerprint density at radius 2 is 2.00 bits per heavy atom. The summed E-state index contributed by atoms with van der Waals surface area (Å²) in [6.07, 6.45) is -0.295. The Hall–Kier alpha value is -2.84. The zero-order valence-corrected chi connectivity index (χ0v) is 14.5. The number of rotatable bonds is 3. The molecule has 0 aliphatic carbocycles. The molecule has 9 heteroatoms. The highest BCUT2D eigenvalue weighted by molar-refractivity contribution is 5.76. The van der Waals surface area contributed by atoms with Gasteiger partial charge in [0, 0.05) is 37.8 Å². The average Bonchev–Trinajstić information content (AvgIpc) is 3.05. The molecule has 140 valence electrons. The van der Waals surface area contributed by atoms with Gasteiger partial charge in [0.1, 0.15) is 25.6 Å². The summed E-state index contributed by atoms with van der Waals surface area (Å²) in [5.74, 6) is 1.93. The van der Waals surface area contributed by atoms with Crippen molar-refractivity contribution < 1.29 is 28.5 Å². The van der Waals surface area contributed by atoms with Gasteiger partial charge in [-0.05, 0) is 6.07 Å². The highest BCUT2D eigenvalue weighted by Crippen LogP contribution is 2.36. The van der Waals surface area contributed by atoms with Crippen LogP contribution in [0.2, 0.25) is 0 Å². The summed E-state index contributed by atoms with van der Waals surface area (Å²) in [6, 6.07) is 3.36. The maximum atomic E-state index is 12.5. The molecular formula is C17H21N3O6. The molecule has 4 rings (SSSR count). The molecule has 1 aromatic rings. The number of hydrogen-bond acceptors (Lipinski definition) is 6. The number of nitrogens with one attached hydrogen (secondary N) is 1. The van der Waals surface area contributed by atoms with E-state index in [4.69, 9.17) is 18.9 Å². The Balaban J connectivity index is 1.39. The van der Waals surface area contributed by atoms with Gasteiger partial charge in [-0.3, -0.25) is 4.90 Å². The number of fused-ring (bicyclic) bond motifs is 2. The van der Waals surface area contributed by atoms with Gasteiger partial charge < -0.3 is 29.2 Å². The van der Waals surface area contributed by atoms with Crippen molar-refractivity contribution in [2.75, 3.05) is 46.6 Å². The summed E-state index contributed by atoms with van der Waals surface area (Å²) >= 11 is 0. The van der Waals surface area contributed by atoms with Crippen LogP contribution < -0.4 is 19.5 Å². The van der Waals surface area contributed by atoms with Gasteiger partial charge in [-0.2, -0.15) is 0 Å². The number of amides is 3. The monoisotopic (exact) mass is 363 g/mol. The van der Waals surface area contributed by atoms with Crippen LogP contribution in [-0.2, 0) is 11.3 Å². The SMILES string of the molecule is COc1cc2c(cc1CNC(=O)N1CCN3C(=O)OC[C@H]3C1)OCCO2. The molecule has 2 fully saturated rings. The van der Waals surface area contributed by atoms with Gasteiger partial charge in [-0.15, -0.1) is 0 Å². The lowest BCUT2D eigenvalue weighted by molar-refractivity contribution is 0.127. The van der Waals surface area contributed by atoms with Gasteiger partial charge in [0.05, 0.1) is 13.2 Å². The van der Waals surface area contributed by atoms with E-state index in [9.17, 15) is 9.59 Å². The maximum absolute atomic E-state index is 12.5. The van der Waals surface area contributed by atoms with Crippen LogP contribution in [0.5, 0.6) is 17.2 Å². The standard InChI is InChI=1S/C17H21N3O6/c1-23-13-7-15-14(24-4-5-25-15)6-11(13)8-18-16(21)19-2-3-20-12(9-19)10-26-17(20)22/h6-7,12H,2-5,8-10H2,1H3,(H,18,21)/t12-/m1/s1. The van der Waals surface area contributed by atoms with E-state index in [-0.39, 0.29) is 18.2 Å². The fourth-order valence-corrected chi connectivity index (χ4v) is 3.40. The lowest BCUT2D eigenvalue weighted by Gasteiger charge is -2.35. The smallest absolute Gasteiger partial charge is 0.410 e. The Morgan fingerprint density at radius 1 is 1.23 bits per heavy atom. The minimum absolute atomic E-state index is 0.0640. The first-order chi connectivity index (χ1) is 12.7. The first-order valence-electron chi connectivity index (χ1n) is 8.58. The predicted octanol–water partition coefficient (Wildman–Crippen LogP) is 0.812. The minimum Gasteiger partial charge on any atom is -0.496 e. The molecule has 3 aliphatic heterocycles. The van der Waals surface area contributed by atoms with Gasteiger partial charge in [-0.1, -0.05) is 0 Å². The van der Waals surface area contributed by atoms with Gasteiger partial charge >= 0.3 is 12.1 Å². The maximum Gasteiger partial charge on any atom is 0.410 e. The molecule has 9 nitrogen and oxygen atoms in total. The van der Waals surface area contributed by atoms with E-state index in [0.29, 0.717) is 63.2 Å². The second kappa shape index (κ2) is 6.81. The van der Waals surface area contributed by atoms with Gasteiger partial charge in [-0.25, -0.2) is 9.59 Å². The lowest BCUT2D eigenvalue weighted by atomic mass is 10.1. The minimum atomic E-state index is -0.295. The highest BCUT2D eigenvalue weighted by Gasteiger charge is 2.38. The number of piperazine rings is 1.